The van der Waals surface area contributed by atoms with E-state index in [9.17, 15) is 0 Å². The first-order valence-corrected chi connectivity index (χ1v) is 8.03. The first-order valence-electron chi connectivity index (χ1n) is 8.03. The molecular weight excluding hydrogens is 306 g/mol. The Labute approximate surface area is 147 Å². The van der Waals surface area contributed by atoms with E-state index in [1.54, 1.807) is 18.5 Å². The molecule has 25 heavy (non-hydrogen) atoms. The van der Waals surface area contributed by atoms with Crippen LogP contribution < -0.4 is 0 Å². The van der Waals surface area contributed by atoms with Gasteiger partial charge in [0.2, 0.25) is 0 Å². The zero-order valence-corrected chi connectivity index (χ0v) is 14.1. The first-order chi connectivity index (χ1) is 12.2. The van der Waals surface area contributed by atoms with Crippen LogP contribution in [0.1, 0.15) is 11.1 Å². The maximum Gasteiger partial charge on any atom is 0.0731 e. The van der Waals surface area contributed by atoms with Crippen LogP contribution in [0.4, 0.5) is 0 Å². The molecular formula is C22H19N3. The van der Waals surface area contributed by atoms with Crippen molar-refractivity contribution in [3.63, 3.8) is 0 Å². The second kappa shape index (κ2) is 7.49. The minimum atomic E-state index is 0.837. The van der Waals surface area contributed by atoms with E-state index in [0.29, 0.717) is 0 Å². The van der Waals surface area contributed by atoms with Gasteiger partial charge in [0.15, 0.2) is 0 Å². The third-order valence-corrected chi connectivity index (χ3v) is 3.89. The van der Waals surface area contributed by atoms with E-state index in [1.807, 2.05) is 30.3 Å². The highest BCUT2D eigenvalue weighted by Crippen LogP contribution is 2.27. The summed E-state index contributed by atoms with van der Waals surface area (Å²) < 4.78 is 0. The van der Waals surface area contributed by atoms with Crippen LogP contribution >= 0.6 is 0 Å². The molecule has 1 N–H and O–H groups in total. The maximum atomic E-state index is 7.16. The standard InChI is InChI=1S/C22H19N3/c1-16-7-9-18(10-8-16)21-13-20(17(2)5-3-11-23)14-22(25-21)19-6-4-12-24-15-19/h3-15,23H,2H2,1H3/b5-3-,23-11?. The van der Waals surface area contributed by atoms with Gasteiger partial charge in [-0.25, -0.2) is 4.98 Å². The fourth-order valence-corrected chi connectivity index (χ4v) is 2.51. The molecule has 122 valence electrons. The summed E-state index contributed by atoms with van der Waals surface area (Å²) in [6.07, 6.45) is 8.29. The molecule has 0 atom stereocenters. The molecule has 0 radical (unpaired) electrons. The van der Waals surface area contributed by atoms with Crippen LogP contribution in [-0.2, 0) is 0 Å². The Morgan fingerprint density at radius 2 is 1.76 bits per heavy atom. The topological polar surface area (TPSA) is 49.6 Å². The number of rotatable bonds is 5. The molecule has 0 fully saturated rings. The largest absolute Gasteiger partial charge is 0.309 e. The SMILES string of the molecule is C=C(/C=C\C=N)c1cc(-c2ccc(C)cc2)nc(-c2cccnc2)c1. The number of pyridine rings is 2. The zero-order valence-electron chi connectivity index (χ0n) is 14.1. The minimum absolute atomic E-state index is 0.837. The average molecular weight is 325 g/mol. The van der Waals surface area contributed by atoms with E-state index in [1.165, 1.54) is 11.8 Å². The van der Waals surface area contributed by atoms with Gasteiger partial charge in [-0.05, 0) is 48.4 Å². The summed E-state index contributed by atoms with van der Waals surface area (Å²) in [4.78, 5) is 9.01. The fourth-order valence-electron chi connectivity index (χ4n) is 2.51. The average Bonchev–Trinajstić information content (AvgIpc) is 2.67. The zero-order chi connectivity index (χ0) is 17.6. The van der Waals surface area contributed by atoms with Gasteiger partial charge in [-0.15, -0.1) is 0 Å². The molecule has 3 rings (SSSR count). The van der Waals surface area contributed by atoms with Crippen LogP contribution in [0.25, 0.3) is 28.1 Å². The Kier molecular flexibility index (Phi) is 4.95. The summed E-state index contributed by atoms with van der Waals surface area (Å²) in [5, 5.41) is 7.16. The van der Waals surface area contributed by atoms with Crippen molar-refractivity contribution in [3.05, 3.63) is 90.8 Å². The van der Waals surface area contributed by atoms with Crippen LogP contribution in [-0.4, -0.2) is 16.2 Å². The number of nitrogens with zero attached hydrogens (tertiary/aromatic N) is 2. The smallest absolute Gasteiger partial charge is 0.0731 e. The molecule has 3 heteroatoms. The van der Waals surface area contributed by atoms with Crippen molar-refractivity contribution in [2.24, 2.45) is 0 Å². The van der Waals surface area contributed by atoms with Gasteiger partial charge >= 0.3 is 0 Å². The molecule has 0 unspecified atom stereocenters. The van der Waals surface area contributed by atoms with E-state index >= 15 is 0 Å². The maximum absolute atomic E-state index is 7.16. The number of nitrogens with one attached hydrogen (secondary N) is 1. The number of aryl methyl sites for hydroxylation is 1. The van der Waals surface area contributed by atoms with Crippen LogP contribution in [0.2, 0.25) is 0 Å². The highest BCUT2D eigenvalue weighted by Gasteiger charge is 2.08. The molecule has 0 aliphatic heterocycles. The Morgan fingerprint density at radius 3 is 2.40 bits per heavy atom. The van der Waals surface area contributed by atoms with Crippen LogP contribution in [0.5, 0.6) is 0 Å². The van der Waals surface area contributed by atoms with E-state index in [0.717, 1.165) is 33.7 Å². The van der Waals surface area contributed by atoms with Gasteiger partial charge < -0.3 is 5.41 Å². The van der Waals surface area contributed by atoms with Crippen molar-refractivity contribution in [1.29, 1.82) is 5.41 Å². The Bertz CT molecular complexity index is 923. The summed E-state index contributed by atoms with van der Waals surface area (Å²) in [5.41, 5.74) is 6.78. The minimum Gasteiger partial charge on any atom is -0.309 e. The molecule has 2 aromatic heterocycles. The molecule has 0 aliphatic carbocycles. The molecule has 0 amide bonds. The van der Waals surface area contributed by atoms with E-state index in [4.69, 9.17) is 10.4 Å². The predicted octanol–water partition coefficient (Wildman–Crippen LogP) is 5.34. The van der Waals surface area contributed by atoms with Gasteiger partial charge in [0.25, 0.3) is 0 Å². The lowest BCUT2D eigenvalue weighted by Gasteiger charge is -2.10. The second-order valence-corrected chi connectivity index (χ2v) is 5.79. The van der Waals surface area contributed by atoms with Crippen LogP contribution in [0.15, 0.2) is 79.7 Å². The van der Waals surface area contributed by atoms with Crippen LogP contribution in [0, 0.1) is 12.3 Å². The Morgan fingerprint density at radius 1 is 1.04 bits per heavy atom. The highest BCUT2D eigenvalue weighted by atomic mass is 14.7. The Balaban J connectivity index is 2.14. The quantitative estimate of drug-likeness (QED) is 0.508. The summed E-state index contributed by atoms with van der Waals surface area (Å²) in [7, 11) is 0. The molecule has 0 saturated heterocycles. The number of allylic oxidation sites excluding steroid dienone is 3. The molecule has 0 saturated carbocycles. The van der Waals surface area contributed by atoms with Gasteiger partial charge in [-0.2, -0.15) is 0 Å². The number of hydrogen-bond acceptors (Lipinski definition) is 3. The molecule has 0 bridgehead atoms. The molecule has 3 nitrogen and oxygen atoms in total. The fraction of sp³-hybridized carbons (Fsp3) is 0.0455. The van der Waals surface area contributed by atoms with Crippen molar-refractivity contribution in [2.75, 3.05) is 0 Å². The van der Waals surface area contributed by atoms with Gasteiger partial charge in [-0.1, -0.05) is 42.5 Å². The molecule has 2 heterocycles. The third kappa shape index (κ3) is 3.96. The van der Waals surface area contributed by atoms with Crippen LogP contribution in [0.3, 0.4) is 0 Å². The summed E-state index contributed by atoms with van der Waals surface area (Å²) in [6, 6.07) is 16.2. The number of hydrogen-bond donors (Lipinski definition) is 1. The number of aromatic nitrogens is 2. The second-order valence-electron chi connectivity index (χ2n) is 5.79. The number of benzene rings is 1. The lowest BCUT2D eigenvalue weighted by atomic mass is 10.0. The van der Waals surface area contributed by atoms with Gasteiger partial charge in [0.05, 0.1) is 11.4 Å². The lowest BCUT2D eigenvalue weighted by Crippen LogP contribution is -1.93. The molecule has 1 aromatic carbocycles. The normalized spacial score (nSPS) is 10.8. The monoisotopic (exact) mass is 325 g/mol. The predicted molar refractivity (Wildman–Crippen MR) is 105 cm³/mol. The van der Waals surface area contributed by atoms with Crippen molar-refractivity contribution < 1.29 is 0 Å². The third-order valence-electron chi connectivity index (χ3n) is 3.89. The summed E-state index contributed by atoms with van der Waals surface area (Å²) >= 11 is 0. The Hall–Kier alpha value is -3.33. The lowest BCUT2D eigenvalue weighted by molar-refractivity contribution is 1.27. The van der Waals surface area contributed by atoms with Gasteiger partial charge in [0.1, 0.15) is 0 Å². The summed E-state index contributed by atoms with van der Waals surface area (Å²) in [5.74, 6) is 0. The van der Waals surface area contributed by atoms with Crippen molar-refractivity contribution in [2.45, 2.75) is 6.92 Å². The molecule has 0 aliphatic rings. The molecule has 0 spiro atoms. The van der Waals surface area contributed by atoms with E-state index in [2.05, 4.69) is 42.8 Å². The van der Waals surface area contributed by atoms with Gasteiger partial charge in [0, 0.05) is 29.7 Å². The van der Waals surface area contributed by atoms with Crippen molar-refractivity contribution in [3.8, 4) is 22.5 Å². The van der Waals surface area contributed by atoms with Crippen molar-refractivity contribution in [1.82, 2.24) is 9.97 Å². The molecule has 3 aromatic rings. The highest BCUT2D eigenvalue weighted by molar-refractivity contribution is 5.82. The van der Waals surface area contributed by atoms with Gasteiger partial charge in [-0.3, -0.25) is 4.98 Å². The van der Waals surface area contributed by atoms with E-state index < -0.39 is 0 Å². The van der Waals surface area contributed by atoms with E-state index in [-0.39, 0.29) is 0 Å². The van der Waals surface area contributed by atoms with Crippen molar-refractivity contribution >= 4 is 11.8 Å². The summed E-state index contributed by atoms with van der Waals surface area (Å²) in [6.45, 7) is 6.18. The first kappa shape index (κ1) is 16.5.